The van der Waals surface area contributed by atoms with Gasteiger partial charge in [0.15, 0.2) is 0 Å². The second kappa shape index (κ2) is 13.6. The first-order chi connectivity index (χ1) is 11.5. The van der Waals surface area contributed by atoms with Crippen molar-refractivity contribution in [2.75, 3.05) is 0 Å². The molecule has 1 unspecified atom stereocenters. The van der Waals surface area contributed by atoms with E-state index in [2.05, 4.69) is 45.9 Å². The van der Waals surface area contributed by atoms with Gasteiger partial charge in [0.2, 0.25) is 0 Å². The molecule has 0 saturated heterocycles. The zero-order chi connectivity index (χ0) is 17.8. The van der Waals surface area contributed by atoms with Crippen LogP contribution in [0.3, 0.4) is 0 Å². The second-order valence-corrected chi connectivity index (χ2v) is 7.79. The minimum Gasteiger partial charge on any atom is -0.322 e. The van der Waals surface area contributed by atoms with Crippen LogP contribution in [0.4, 0.5) is 0 Å². The molecule has 0 heterocycles. The molecule has 1 nitrogen and oxygen atoms in total. The molecule has 25 heavy (non-hydrogen) atoms. The Morgan fingerprint density at radius 3 is 1.88 bits per heavy atom. The highest BCUT2D eigenvalue weighted by Gasteiger charge is 2.21. The fourth-order valence-corrected chi connectivity index (χ4v) is 3.57. The second-order valence-electron chi connectivity index (χ2n) is 7.79. The van der Waals surface area contributed by atoms with Crippen LogP contribution in [0.25, 0.3) is 0 Å². The summed E-state index contributed by atoms with van der Waals surface area (Å²) in [5, 5.41) is 0. The van der Waals surface area contributed by atoms with Gasteiger partial charge >= 0.3 is 0 Å². The van der Waals surface area contributed by atoms with Crippen molar-refractivity contribution in [2.24, 2.45) is 5.73 Å². The van der Waals surface area contributed by atoms with Crippen LogP contribution in [0.2, 0.25) is 0 Å². The molecule has 0 amide bonds. The Labute approximate surface area is 163 Å². The summed E-state index contributed by atoms with van der Waals surface area (Å²) in [5.41, 5.74) is 10.5. The third-order valence-corrected chi connectivity index (χ3v) is 5.60. The van der Waals surface area contributed by atoms with E-state index in [1.54, 1.807) is 0 Å². The number of nitrogens with two attached hydrogens (primary N) is 1. The van der Waals surface area contributed by atoms with Crippen molar-refractivity contribution in [1.29, 1.82) is 0 Å². The minimum atomic E-state index is -0.197. The molecule has 0 saturated carbocycles. The molecule has 0 aliphatic carbocycles. The van der Waals surface area contributed by atoms with E-state index >= 15 is 0 Å². The van der Waals surface area contributed by atoms with Crippen molar-refractivity contribution in [3.63, 3.8) is 0 Å². The summed E-state index contributed by atoms with van der Waals surface area (Å²) in [6, 6.07) is 6.69. The molecule has 0 radical (unpaired) electrons. The lowest BCUT2D eigenvalue weighted by molar-refractivity contribution is 0.473. The van der Waals surface area contributed by atoms with Crippen LogP contribution >= 0.6 is 12.4 Å². The zero-order valence-corrected chi connectivity index (χ0v) is 18.0. The highest BCUT2D eigenvalue weighted by molar-refractivity contribution is 5.85. The summed E-state index contributed by atoms with van der Waals surface area (Å²) in [5.74, 6) is 0. The van der Waals surface area contributed by atoms with Gasteiger partial charge in [0.25, 0.3) is 0 Å². The molecule has 0 fully saturated rings. The van der Waals surface area contributed by atoms with E-state index in [9.17, 15) is 0 Å². The van der Waals surface area contributed by atoms with E-state index in [1.807, 2.05) is 0 Å². The van der Waals surface area contributed by atoms with E-state index in [1.165, 1.54) is 87.3 Å². The first-order valence-electron chi connectivity index (χ1n) is 10.4. The number of benzene rings is 1. The zero-order valence-electron chi connectivity index (χ0n) is 17.2. The standard InChI is InChI=1S/C23H41N.ClH/c1-5-7-8-9-10-11-12-13-14-15-17-21-18-16-19-22(20(21)3)23(4,24)6-2;/h16,18-19H,5-15,17,24H2,1-4H3;1H. The van der Waals surface area contributed by atoms with Gasteiger partial charge in [-0.15, -0.1) is 12.4 Å². The molecule has 1 aromatic rings. The Hall–Kier alpha value is -0.530. The third-order valence-electron chi connectivity index (χ3n) is 5.60. The summed E-state index contributed by atoms with van der Waals surface area (Å²) >= 11 is 0. The van der Waals surface area contributed by atoms with Gasteiger partial charge in [-0.05, 0) is 49.8 Å². The van der Waals surface area contributed by atoms with Crippen molar-refractivity contribution in [1.82, 2.24) is 0 Å². The van der Waals surface area contributed by atoms with E-state index in [0.717, 1.165) is 6.42 Å². The maximum absolute atomic E-state index is 6.46. The molecular weight excluding hydrogens is 326 g/mol. The monoisotopic (exact) mass is 367 g/mol. The van der Waals surface area contributed by atoms with E-state index in [0.29, 0.717) is 0 Å². The molecule has 2 N–H and O–H groups in total. The summed E-state index contributed by atoms with van der Waals surface area (Å²) in [6.45, 7) is 8.86. The van der Waals surface area contributed by atoms with Gasteiger partial charge in [-0.3, -0.25) is 0 Å². The molecule has 1 atom stereocenters. The van der Waals surface area contributed by atoms with Gasteiger partial charge in [0.1, 0.15) is 0 Å². The molecule has 2 heteroatoms. The molecule has 0 bridgehead atoms. The first-order valence-corrected chi connectivity index (χ1v) is 10.4. The van der Waals surface area contributed by atoms with Gasteiger partial charge in [-0.2, -0.15) is 0 Å². The Kier molecular flexibility index (Phi) is 13.4. The topological polar surface area (TPSA) is 26.0 Å². The van der Waals surface area contributed by atoms with Crippen LogP contribution in [0.1, 0.15) is 108 Å². The van der Waals surface area contributed by atoms with Crippen molar-refractivity contribution in [3.05, 3.63) is 34.9 Å². The lowest BCUT2D eigenvalue weighted by Gasteiger charge is -2.26. The van der Waals surface area contributed by atoms with Crippen LogP contribution in [-0.2, 0) is 12.0 Å². The van der Waals surface area contributed by atoms with Crippen LogP contribution in [-0.4, -0.2) is 0 Å². The lowest BCUT2D eigenvalue weighted by Crippen LogP contribution is -2.33. The molecule has 1 rings (SSSR count). The fourth-order valence-electron chi connectivity index (χ4n) is 3.57. The van der Waals surface area contributed by atoms with E-state index in [-0.39, 0.29) is 17.9 Å². The highest BCUT2D eigenvalue weighted by Crippen LogP contribution is 2.27. The summed E-state index contributed by atoms with van der Waals surface area (Å²) in [6.07, 6.45) is 16.2. The largest absolute Gasteiger partial charge is 0.322 e. The summed E-state index contributed by atoms with van der Waals surface area (Å²) in [4.78, 5) is 0. The lowest BCUT2D eigenvalue weighted by atomic mass is 9.84. The third kappa shape index (κ3) is 9.11. The average molecular weight is 368 g/mol. The Morgan fingerprint density at radius 1 is 0.840 bits per heavy atom. The highest BCUT2D eigenvalue weighted by atomic mass is 35.5. The number of hydrogen-bond acceptors (Lipinski definition) is 1. The van der Waals surface area contributed by atoms with Gasteiger partial charge in [-0.25, -0.2) is 0 Å². The van der Waals surface area contributed by atoms with Gasteiger partial charge in [-0.1, -0.05) is 89.8 Å². The van der Waals surface area contributed by atoms with Crippen LogP contribution in [0.15, 0.2) is 18.2 Å². The number of unbranched alkanes of at least 4 members (excludes halogenated alkanes) is 9. The van der Waals surface area contributed by atoms with Crippen molar-refractivity contribution in [2.45, 2.75) is 110 Å². The number of rotatable bonds is 13. The number of hydrogen-bond donors (Lipinski definition) is 1. The fraction of sp³-hybridized carbons (Fsp3) is 0.739. The van der Waals surface area contributed by atoms with E-state index in [4.69, 9.17) is 5.73 Å². The maximum atomic E-state index is 6.46. The summed E-state index contributed by atoms with van der Waals surface area (Å²) in [7, 11) is 0. The number of aryl methyl sites for hydroxylation is 1. The summed E-state index contributed by atoms with van der Waals surface area (Å²) < 4.78 is 0. The Bertz CT molecular complexity index is 453. The Morgan fingerprint density at radius 2 is 1.36 bits per heavy atom. The molecular formula is C23H42ClN. The molecule has 0 aliphatic heterocycles. The maximum Gasteiger partial charge on any atom is 0.0381 e. The van der Waals surface area contributed by atoms with Gasteiger partial charge < -0.3 is 5.73 Å². The van der Waals surface area contributed by atoms with E-state index < -0.39 is 0 Å². The first kappa shape index (κ1) is 24.5. The van der Waals surface area contributed by atoms with Crippen LogP contribution in [0, 0.1) is 6.92 Å². The minimum absolute atomic E-state index is 0. The molecule has 0 aliphatic rings. The quantitative estimate of drug-likeness (QED) is 0.359. The normalized spacial score (nSPS) is 13.3. The SMILES string of the molecule is CCCCCCCCCCCCc1cccc(C(C)(N)CC)c1C.Cl. The van der Waals surface area contributed by atoms with Crippen LogP contribution < -0.4 is 5.73 Å². The van der Waals surface area contributed by atoms with Gasteiger partial charge in [0, 0.05) is 5.54 Å². The molecule has 1 aromatic carbocycles. The van der Waals surface area contributed by atoms with Gasteiger partial charge in [0.05, 0.1) is 0 Å². The predicted octanol–water partition coefficient (Wildman–Crippen LogP) is 7.46. The van der Waals surface area contributed by atoms with Crippen molar-refractivity contribution >= 4 is 12.4 Å². The smallest absolute Gasteiger partial charge is 0.0381 e. The molecule has 146 valence electrons. The average Bonchev–Trinajstić information content (AvgIpc) is 2.57. The molecule has 0 spiro atoms. The predicted molar refractivity (Wildman–Crippen MR) is 116 cm³/mol. The number of halogens is 1. The molecule has 0 aromatic heterocycles. The van der Waals surface area contributed by atoms with Crippen LogP contribution in [0.5, 0.6) is 0 Å². The van der Waals surface area contributed by atoms with Crippen molar-refractivity contribution < 1.29 is 0 Å². The van der Waals surface area contributed by atoms with Crippen molar-refractivity contribution in [3.8, 4) is 0 Å². The Balaban J connectivity index is 0.00000576.